The number of rotatable bonds is 7. The Labute approximate surface area is 165 Å². The molecular weight excluding hydrogens is 380 g/mol. The quantitative estimate of drug-likeness (QED) is 0.711. The second-order valence-corrected chi connectivity index (χ2v) is 9.70. The molecule has 0 aliphatic carbocycles. The van der Waals surface area contributed by atoms with Crippen molar-refractivity contribution in [3.63, 3.8) is 0 Å². The van der Waals surface area contributed by atoms with E-state index in [-0.39, 0.29) is 10.8 Å². The summed E-state index contributed by atoms with van der Waals surface area (Å²) < 4.78 is 26.5. The first-order valence-electron chi connectivity index (χ1n) is 9.05. The summed E-state index contributed by atoms with van der Waals surface area (Å²) in [4.78, 5) is 13.5. The van der Waals surface area contributed by atoms with Crippen molar-refractivity contribution in [2.75, 3.05) is 24.2 Å². The number of aryl methyl sites for hydroxylation is 1. The zero-order valence-corrected chi connectivity index (χ0v) is 17.0. The van der Waals surface area contributed by atoms with E-state index in [1.165, 1.54) is 9.87 Å². The third-order valence-corrected chi connectivity index (χ3v) is 7.39. The fraction of sp³-hybridized carbons (Fsp3) is 0.350. The summed E-state index contributed by atoms with van der Waals surface area (Å²) in [5.74, 6) is 0.612. The van der Waals surface area contributed by atoms with Crippen LogP contribution in [-0.2, 0) is 14.8 Å². The van der Waals surface area contributed by atoms with E-state index in [1.807, 2.05) is 6.92 Å². The van der Waals surface area contributed by atoms with E-state index < -0.39 is 10.0 Å². The third kappa shape index (κ3) is 5.34. The van der Waals surface area contributed by atoms with Gasteiger partial charge in [-0.1, -0.05) is 17.7 Å². The van der Waals surface area contributed by atoms with Gasteiger partial charge in [-0.15, -0.1) is 11.8 Å². The Bertz CT molecular complexity index is 872. The highest BCUT2D eigenvalue weighted by molar-refractivity contribution is 7.99. The number of anilines is 1. The molecule has 1 heterocycles. The molecule has 27 heavy (non-hydrogen) atoms. The number of nitrogens with one attached hydrogen (secondary N) is 1. The van der Waals surface area contributed by atoms with E-state index in [9.17, 15) is 13.2 Å². The van der Waals surface area contributed by atoms with Gasteiger partial charge in [-0.25, -0.2) is 8.42 Å². The molecule has 3 rings (SSSR count). The number of benzene rings is 2. The van der Waals surface area contributed by atoms with Crippen LogP contribution in [0.3, 0.4) is 0 Å². The summed E-state index contributed by atoms with van der Waals surface area (Å²) in [7, 11) is -3.41. The molecule has 1 aliphatic rings. The van der Waals surface area contributed by atoms with Gasteiger partial charge in [0.1, 0.15) is 0 Å². The largest absolute Gasteiger partial charge is 0.326 e. The van der Waals surface area contributed by atoms with Crippen molar-refractivity contribution >= 4 is 33.4 Å². The van der Waals surface area contributed by atoms with Gasteiger partial charge in [0.25, 0.3) is 0 Å². The highest BCUT2D eigenvalue weighted by atomic mass is 32.2. The lowest BCUT2D eigenvalue weighted by Crippen LogP contribution is -2.27. The van der Waals surface area contributed by atoms with Crippen molar-refractivity contribution in [1.29, 1.82) is 0 Å². The van der Waals surface area contributed by atoms with Crippen LogP contribution in [0, 0.1) is 6.92 Å². The molecule has 0 bridgehead atoms. The van der Waals surface area contributed by atoms with Crippen LogP contribution in [0.1, 0.15) is 24.8 Å². The average Bonchev–Trinajstić information content (AvgIpc) is 3.19. The van der Waals surface area contributed by atoms with Gasteiger partial charge >= 0.3 is 0 Å². The molecule has 1 aliphatic heterocycles. The average molecular weight is 405 g/mol. The topological polar surface area (TPSA) is 66.5 Å². The molecule has 1 amide bonds. The Morgan fingerprint density at radius 3 is 2.30 bits per heavy atom. The fourth-order valence-corrected chi connectivity index (χ4v) is 5.28. The van der Waals surface area contributed by atoms with Gasteiger partial charge in [0.2, 0.25) is 15.9 Å². The summed E-state index contributed by atoms with van der Waals surface area (Å²) in [6.07, 6.45) is 2.22. The molecule has 0 saturated carbocycles. The maximum Gasteiger partial charge on any atom is 0.243 e. The number of hydrogen-bond acceptors (Lipinski definition) is 4. The molecule has 0 unspecified atom stereocenters. The van der Waals surface area contributed by atoms with Gasteiger partial charge in [0.15, 0.2) is 0 Å². The van der Waals surface area contributed by atoms with Crippen molar-refractivity contribution in [2.45, 2.75) is 36.0 Å². The van der Waals surface area contributed by atoms with Crippen molar-refractivity contribution in [2.24, 2.45) is 0 Å². The van der Waals surface area contributed by atoms with E-state index in [2.05, 4.69) is 29.6 Å². The van der Waals surface area contributed by atoms with E-state index in [0.29, 0.717) is 31.0 Å². The molecule has 144 valence electrons. The van der Waals surface area contributed by atoms with Crippen LogP contribution < -0.4 is 5.32 Å². The van der Waals surface area contributed by atoms with Crippen molar-refractivity contribution < 1.29 is 13.2 Å². The third-order valence-electron chi connectivity index (χ3n) is 4.46. The molecular formula is C20H24N2O3S2. The summed E-state index contributed by atoms with van der Waals surface area (Å²) in [5.41, 5.74) is 1.83. The normalized spacial score (nSPS) is 15.0. The molecule has 0 atom stereocenters. The van der Waals surface area contributed by atoms with Crippen molar-refractivity contribution in [3.8, 4) is 0 Å². The first-order chi connectivity index (χ1) is 12.9. The number of hydrogen-bond donors (Lipinski definition) is 1. The summed E-state index contributed by atoms with van der Waals surface area (Å²) in [5, 5.41) is 2.82. The van der Waals surface area contributed by atoms with E-state index in [1.54, 1.807) is 36.0 Å². The number of amides is 1. The lowest BCUT2D eigenvalue weighted by molar-refractivity contribution is -0.115. The molecule has 1 N–H and O–H groups in total. The molecule has 0 spiro atoms. The zero-order valence-electron chi connectivity index (χ0n) is 15.3. The molecule has 0 aromatic heterocycles. The van der Waals surface area contributed by atoms with Crippen LogP contribution in [0.5, 0.6) is 0 Å². The van der Waals surface area contributed by atoms with Crippen molar-refractivity contribution in [1.82, 2.24) is 4.31 Å². The smallest absolute Gasteiger partial charge is 0.243 e. The summed E-state index contributed by atoms with van der Waals surface area (Å²) in [6, 6.07) is 14.6. The second kappa shape index (κ2) is 8.91. The van der Waals surface area contributed by atoms with Gasteiger partial charge in [-0.05, 0) is 56.2 Å². The minimum Gasteiger partial charge on any atom is -0.326 e. The predicted octanol–water partition coefficient (Wildman–Crippen LogP) is 3.90. The lowest BCUT2D eigenvalue weighted by atomic mass is 10.2. The number of carbonyl (C=O) groups is 1. The predicted molar refractivity (Wildman–Crippen MR) is 110 cm³/mol. The van der Waals surface area contributed by atoms with Crippen LogP contribution in [0.15, 0.2) is 58.3 Å². The first-order valence-corrected chi connectivity index (χ1v) is 11.5. The molecule has 1 saturated heterocycles. The molecule has 0 radical (unpaired) electrons. The zero-order chi connectivity index (χ0) is 19.3. The Kier molecular flexibility index (Phi) is 6.57. The molecule has 2 aromatic carbocycles. The molecule has 7 heteroatoms. The molecule has 1 fully saturated rings. The highest BCUT2D eigenvalue weighted by Gasteiger charge is 2.26. The van der Waals surface area contributed by atoms with E-state index >= 15 is 0 Å². The van der Waals surface area contributed by atoms with Crippen molar-refractivity contribution in [3.05, 3.63) is 54.1 Å². The number of sulfonamides is 1. The molecule has 2 aromatic rings. The second-order valence-electron chi connectivity index (χ2n) is 6.60. The van der Waals surface area contributed by atoms with E-state index in [0.717, 1.165) is 17.7 Å². The van der Waals surface area contributed by atoms with Crippen LogP contribution in [0.4, 0.5) is 5.69 Å². The van der Waals surface area contributed by atoms with Gasteiger partial charge in [0, 0.05) is 35.8 Å². The van der Waals surface area contributed by atoms with Crippen LogP contribution in [0.25, 0.3) is 0 Å². The molecule has 5 nitrogen and oxygen atoms in total. The Hall–Kier alpha value is -1.83. The number of carbonyl (C=O) groups excluding carboxylic acids is 1. The minimum absolute atomic E-state index is 0.0789. The SMILES string of the molecule is Cc1ccc(SCCC(=O)Nc2ccc(S(=O)(=O)N3CCCC3)cc2)cc1. The lowest BCUT2D eigenvalue weighted by Gasteiger charge is -2.15. The van der Waals surface area contributed by atoms with Crippen LogP contribution in [0.2, 0.25) is 0 Å². The Morgan fingerprint density at radius 1 is 1.04 bits per heavy atom. The van der Waals surface area contributed by atoms with Crippen LogP contribution >= 0.6 is 11.8 Å². The summed E-state index contributed by atoms with van der Waals surface area (Å²) >= 11 is 1.64. The first kappa shape index (κ1) is 19.9. The number of nitrogens with zero attached hydrogens (tertiary/aromatic N) is 1. The maximum absolute atomic E-state index is 12.5. The monoisotopic (exact) mass is 404 g/mol. The fourth-order valence-electron chi connectivity index (χ4n) is 2.91. The van der Waals surface area contributed by atoms with Gasteiger partial charge < -0.3 is 5.32 Å². The highest BCUT2D eigenvalue weighted by Crippen LogP contribution is 2.23. The van der Waals surface area contributed by atoms with Gasteiger partial charge in [0.05, 0.1) is 4.90 Å². The number of thioether (sulfide) groups is 1. The van der Waals surface area contributed by atoms with Crippen LogP contribution in [-0.4, -0.2) is 37.5 Å². The van der Waals surface area contributed by atoms with E-state index in [4.69, 9.17) is 0 Å². The summed E-state index contributed by atoms with van der Waals surface area (Å²) in [6.45, 7) is 3.21. The minimum atomic E-state index is -3.41. The van der Waals surface area contributed by atoms with Gasteiger partial charge in [-0.2, -0.15) is 4.31 Å². The maximum atomic E-state index is 12.5. The standard InChI is InChI=1S/C20H24N2O3S2/c1-16-4-8-18(9-5-16)26-15-12-20(23)21-17-6-10-19(11-7-17)27(24,25)22-13-2-3-14-22/h4-11H,2-3,12-15H2,1H3,(H,21,23). The Balaban J connectivity index is 1.50. The van der Waals surface area contributed by atoms with Gasteiger partial charge in [-0.3, -0.25) is 4.79 Å². The Morgan fingerprint density at radius 2 is 1.67 bits per heavy atom.